The predicted molar refractivity (Wildman–Crippen MR) is 271 cm³/mol. The number of aromatic hydroxyl groups is 1. The van der Waals surface area contributed by atoms with Gasteiger partial charge in [0.05, 0.1) is 11.0 Å². The van der Waals surface area contributed by atoms with Gasteiger partial charge in [-0.15, -0.1) is 0 Å². The molecule has 10 heteroatoms. The second-order valence-corrected chi connectivity index (χ2v) is 17.3. The second kappa shape index (κ2) is 17.0. The Bertz CT molecular complexity index is 3450. The fourth-order valence-corrected chi connectivity index (χ4v) is 11.0. The van der Waals surface area contributed by atoms with Gasteiger partial charge in [0.2, 0.25) is 0 Å². The van der Waals surface area contributed by atoms with Gasteiger partial charge in [-0.05, 0) is 76.9 Å². The molecule has 3 aliphatic heterocycles. The highest BCUT2D eigenvalue weighted by Gasteiger charge is 2.54. The van der Waals surface area contributed by atoms with Gasteiger partial charge < -0.3 is 31.9 Å². The van der Waals surface area contributed by atoms with Crippen LogP contribution >= 0.6 is 25.2 Å². The van der Waals surface area contributed by atoms with E-state index in [0.717, 1.165) is 56.5 Å². The van der Waals surface area contributed by atoms with Crippen molar-refractivity contribution in [1.29, 1.82) is 0 Å². The van der Waals surface area contributed by atoms with E-state index in [1.807, 2.05) is 62.4 Å². The van der Waals surface area contributed by atoms with Crippen LogP contribution in [0.15, 0.2) is 170 Å². The Labute approximate surface area is 404 Å². The summed E-state index contributed by atoms with van der Waals surface area (Å²) >= 11 is 5.01. The fourth-order valence-electron chi connectivity index (χ4n) is 10.4. The normalized spacial score (nSPS) is 15.6. The quantitative estimate of drug-likeness (QED) is 0.0994. The monoisotopic (exact) mass is 932 g/mol. The number of esters is 1. The molecule has 0 fully saturated rings. The maximum Gasteiger partial charge on any atom is 0.340 e. The van der Waals surface area contributed by atoms with Gasteiger partial charge in [-0.25, -0.2) is 4.79 Å². The highest BCUT2D eigenvalue weighted by molar-refractivity contribution is 7.90. The minimum absolute atomic E-state index is 0.0194. The number of benzene rings is 9. The maximum absolute atomic E-state index is 13.3. The number of thiol groups is 1. The molecule has 68 heavy (non-hydrogen) atoms. The van der Waals surface area contributed by atoms with Crippen molar-refractivity contribution >= 4 is 52.7 Å². The molecule has 0 bridgehead atoms. The molecule has 1 aliphatic carbocycles. The lowest BCUT2D eigenvalue weighted by Crippen LogP contribution is -2.32. The lowest BCUT2D eigenvalue weighted by Gasteiger charge is -2.40. The molecule has 1 atom stereocenters. The molecule has 336 valence electrons. The van der Waals surface area contributed by atoms with Gasteiger partial charge in [0.15, 0.2) is 5.60 Å². The molecule has 8 nitrogen and oxygen atoms in total. The summed E-state index contributed by atoms with van der Waals surface area (Å²) in [5.74, 6) is 3.49. The summed E-state index contributed by atoms with van der Waals surface area (Å²) < 4.78 is 37.8. The van der Waals surface area contributed by atoms with Crippen molar-refractivity contribution in [3.05, 3.63) is 214 Å². The number of phenols is 1. The summed E-state index contributed by atoms with van der Waals surface area (Å²) in [7, 11) is 0. The average molecular weight is 933 g/mol. The number of phenolic OH excluding ortho intramolecular Hbond substituents is 1. The molecule has 9 aromatic rings. The number of rotatable bonds is 5. The van der Waals surface area contributed by atoms with E-state index < -0.39 is 17.0 Å². The van der Waals surface area contributed by atoms with Crippen LogP contribution in [0.1, 0.15) is 83.4 Å². The topological polar surface area (TPSA) is 92.7 Å². The average Bonchev–Trinajstić information content (AvgIpc) is 3.84. The van der Waals surface area contributed by atoms with E-state index in [1.54, 1.807) is 30.3 Å². The van der Waals surface area contributed by atoms with Crippen molar-refractivity contribution in [2.45, 2.75) is 45.1 Å². The van der Waals surface area contributed by atoms with Crippen LogP contribution in [0.25, 0.3) is 32.7 Å². The lowest BCUT2D eigenvalue weighted by molar-refractivity contribution is 0.0224. The summed E-state index contributed by atoms with van der Waals surface area (Å²) in [6.45, 7) is 8.25. The Kier molecular flexibility index (Phi) is 10.7. The molecule has 1 unspecified atom stereocenters. The van der Waals surface area contributed by atoms with Crippen LogP contribution in [-0.2, 0) is 15.8 Å². The Morgan fingerprint density at radius 1 is 0.529 bits per heavy atom. The van der Waals surface area contributed by atoms with Gasteiger partial charge in [0.1, 0.15) is 46.0 Å². The number of carbonyl (C=O) groups is 1. The third-order valence-electron chi connectivity index (χ3n) is 12.9. The fraction of sp³-hybridized carbons (Fsp3) is 0.121. The standard InChI is InChI=1S/C53H30O8S2.C3H8.C2H6/c54-29-19-23-41-47(27-29)56-48-28-30(20-24-42(48)53(41)40-16-6-3-11-37(40)51(55)58-53)60-63-61-46-18-8-13-36-34(46)22-26-44-50(36)57-49-35-12-7-17-45(59-62)33(35)21-25-43(49)52(44)38-14-4-1-9-31(38)32-10-2-5-15-39(32)52;1-3-2;1-2/h1-28,54,62H;3H2,1-2H3;1-2H3. The number of hydrogen-bond donors (Lipinski definition) is 2. The van der Waals surface area contributed by atoms with E-state index in [4.69, 9.17) is 26.8 Å². The molecule has 0 aromatic heterocycles. The van der Waals surface area contributed by atoms with Crippen LogP contribution in [-0.4, -0.2) is 11.1 Å². The highest BCUT2D eigenvalue weighted by atomic mass is 32.2. The van der Waals surface area contributed by atoms with Crippen molar-refractivity contribution in [1.82, 2.24) is 0 Å². The summed E-state index contributed by atoms with van der Waals surface area (Å²) in [6.07, 6.45) is 1.25. The Hall–Kier alpha value is -7.53. The Morgan fingerprint density at radius 3 is 1.69 bits per heavy atom. The zero-order valence-electron chi connectivity index (χ0n) is 37.5. The molecule has 4 aliphatic rings. The minimum atomic E-state index is -1.27. The highest BCUT2D eigenvalue weighted by Crippen LogP contribution is 2.64. The van der Waals surface area contributed by atoms with E-state index in [2.05, 4.69) is 112 Å². The SMILES string of the molecule is CC.CCC.O=C1OC2(c3ccc(O)cc3Oc3cc(OSOc4cccc5c6c(ccc45)C4(c5ccccc5-c5ccccc54)c4ccc5c(OS)cccc5c4O6)ccc32)c2ccccc21. The first-order valence-corrected chi connectivity index (χ1v) is 23.7. The van der Waals surface area contributed by atoms with Gasteiger partial charge in [0, 0.05) is 74.4 Å². The molecule has 9 aromatic carbocycles. The smallest absolute Gasteiger partial charge is 0.340 e. The molecule has 2 spiro atoms. The first-order chi connectivity index (χ1) is 33.4. The van der Waals surface area contributed by atoms with Gasteiger partial charge in [0.25, 0.3) is 12.3 Å². The van der Waals surface area contributed by atoms with Crippen LogP contribution < -0.4 is 22.0 Å². The molecule has 0 radical (unpaired) electrons. The minimum Gasteiger partial charge on any atom is -0.508 e. The zero-order chi connectivity index (χ0) is 46.7. The molecule has 0 saturated heterocycles. The third kappa shape index (κ3) is 6.20. The van der Waals surface area contributed by atoms with Gasteiger partial charge in [-0.3, -0.25) is 0 Å². The van der Waals surface area contributed by atoms with Crippen LogP contribution in [0.2, 0.25) is 0 Å². The zero-order valence-corrected chi connectivity index (χ0v) is 39.2. The van der Waals surface area contributed by atoms with Crippen LogP contribution in [0.3, 0.4) is 0 Å². The van der Waals surface area contributed by atoms with E-state index in [1.165, 1.54) is 34.7 Å². The van der Waals surface area contributed by atoms with Crippen LogP contribution in [0, 0.1) is 0 Å². The molecule has 13 rings (SSSR count). The maximum atomic E-state index is 13.3. The number of carbonyl (C=O) groups excluding carboxylic acids is 1. The van der Waals surface area contributed by atoms with Gasteiger partial charge in [-0.1, -0.05) is 137 Å². The van der Waals surface area contributed by atoms with Gasteiger partial charge >= 0.3 is 5.97 Å². The number of fused-ring (bicyclic) bond motifs is 19. The summed E-state index contributed by atoms with van der Waals surface area (Å²) in [5.41, 5.74) is 7.26. The molecule has 1 N–H and O–H groups in total. The molecular formula is C58H44O8S2. The van der Waals surface area contributed by atoms with E-state index in [-0.39, 0.29) is 5.75 Å². The van der Waals surface area contributed by atoms with Gasteiger partial charge in [-0.2, -0.15) is 0 Å². The van der Waals surface area contributed by atoms with E-state index in [9.17, 15) is 9.90 Å². The predicted octanol–water partition coefficient (Wildman–Crippen LogP) is 15.4. The Balaban J connectivity index is 0.000000978. The molecule has 0 amide bonds. The molecular weight excluding hydrogens is 889 g/mol. The van der Waals surface area contributed by atoms with Crippen LogP contribution in [0.5, 0.6) is 46.0 Å². The molecule has 0 saturated carbocycles. The first kappa shape index (κ1) is 43.1. The summed E-state index contributed by atoms with van der Waals surface area (Å²) in [4.78, 5) is 13.3. The number of hydrogen-bond acceptors (Lipinski definition) is 10. The largest absolute Gasteiger partial charge is 0.508 e. The second-order valence-electron chi connectivity index (χ2n) is 16.6. The van der Waals surface area contributed by atoms with Crippen molar-refractivity contribution in [2.24, 2.45) is 0 Å². The lowest BCUT2D eigenvalue weighted by atomic mass is 9.65. The van der Waals surface area contributed by atoms with Crippen LogP contribution in [0.4, 0.5) is 0 Å². The third-order valence-corrected chi connectivity index (χ3v) is 13.6. The van der Waals surface area contributed by atoms with Crippen molar-refractivity contribution < 1.29 is 36.7 Å². The first-order valence-electron chi connectivity index (χ1n) is 22.7. The van der Waals surface area contributed by atoms with Crippen molar-refractivity contribution in [3.8, 4) is 57.1 Å². The Morgan fingerprint density at radius 2 is 1.06 bits per heavy atom. The van der Waals surface area contributed by atoms with E-state index >= 15 is 0 Å². The summed E-state index contributed by atoms with van der Waals surface area (Å²) in [5, 5.41) is 13.9. The van der Waals surface area contributed by atoms with E-state index in [0.29, 0.717) is 51.0 Å². The van der Waals surface area contributed by atoms with Crippen molar-refractivity contribution in [3.63, 3.8) is 0 Å². The van der Waals surface area contributed by atoms with Crippen molar-refractivity contribution in [2.75, 3.05) is 0 Å². The molecule has 3 heterocycles. The summed E-state index contributed by atoms with van der Waals surface area (Å²) in [6, 6.07) is 55.1. The number of ether oxygens (including phenoxy) is 3.